The molecule has 3 heteroatoms. The summed E-state index contributed by atoms with van der Waals surface area (Å²) in [6.07, 6.45) is 1.24. The van der Waals surface area contributed by atoms with E-state index in [1.807, 2.05) is 4.90 Å². The number of nitrogens with zero attached hydrogens (tertiary/aromatic N) is 1. The van der Waals surface area contributed by atoms with Gasteiger partial charge in [-0.25, -0.2) is 0 Å². The highest BCUT2D eigenvalue weighted by molar-refractivity contribution is 5.80. The van der Waals surface area contributed by atoms with Crippen molar-refractivity contribution in [3.8, 4) is 0 Å². The van der Waals surface area contributed by atoms with E-state index in [0.717, 1.165) is 6.42 Å². The highest BCUT2D eigenvalue weighted by atomic mass is 16.2. The van der Waals surface area contributed by atoms with Crippen LogP contribution in [-0.2, 0) is 4.79 Å². The summed E-state index contributed by atoms with van der Waals surface area (Å²) in [5.74, 6) is 0.769. The zero-order chi connectivity index (χ0) is 10.0. The van der Waals surface area contributed by atoms with Crippen LogP contribution in [0.4, 0.5) is 0 Å². The van der Waals surface area contributed by atoms with E-state index in [1.54, 1.807) is 0 Å². The van der Waals surface area contributed by atoms with Crippen LogP contribution >= 0.6 is 0 Å². The van der Waals surface area contributed by atoms with Gasteiger partial charge in [0.2, 0.25) is 5.91 Å². The minimum atomic E-state index is 0.244. The largest absolute Gasteiger partial charge is 0.323 e. The Morgan fingerprint density at radius 1 is 1.54 bits per heavy atom. The summed E-state index contributed by atoms with van der Waals surface area (Å²) in [6, 6.07) is 0.340. The van der Waals surface area contributed by atoms with Gasteiger partial charge in [-0.15, -0.1) is 0 Å². The van der Waals surface area contributed by atoms with E-state index < -0.39 is 0 Å². The van der Waals surface area contributed by atoms with Crippen LogP contribution < -0.4 is 5.32 Å². The maximum Gasteiger partial charge on any atom is 0.238 e. The average Bonchev–Trinajstić information content (AvgIpc) is 2.45. The number of carbonyl (C=O) groups excluding carboxylic acids is 1. The lowest BCUT2D eigenvalue weighted by Crippen LogP contribution is -2.45. The molecular weight excluding hydrogens is 164 g/mol. The second-order valence-electron chi connectivity index (χ2n) is 4.09. The maximum absolute atomic E-state index is 11.6. The lowest BCUT2D eigenvalue weighted by Gasteiger charge is -2.32. The van der Waals surface area contributed by atoms with E-state index in [-0.39, 0.29) is 12.1 Å². The van der Waals surface area contributed by atoms with Crippen molar-refractivity contribution in [3.05, 3.63) is 0 Å². The van der Waals surface area contributed by atoms with Crippen LogP contribution in [0.3, 0.4) is 0 Å². The van der Waals surface area contributed by atoms with Gasteiger partial charge in [0.1, 0.15) is 0 Å². The molecule has 0 aromatic rings. The second kappa shape index (κ2) is 4.09. The Balaban J connectivity index is 2.69. The van der Waals surface area contributed by atoms with Gasteiger partial charge in [-0.3, -0.25) is 10.1 Å². The summed E-state index contributed by atoms with van der Waals surface area (Å²) in [5, 5.41) is 3.22. The van der Waals surface area contributed by atoms with E-state index in [1.165, 1.54) is 0 Å². The highest BCUT2D eigenvalue weighted by Crippen LogP contribution is 2.17. The number of rotatable bonds is 3. The molecule has 1 amide bonds. The number of hydrogen-bond acceptors (Lipinski definition) is 2. The van der Waals surface area contributed by atoms with Crippen LogP contribution in [0, 0.1) is 5.92 Å². The van der Waals surface area contributed by atoms with Crippen LogP contribution in [-0.4, -0.2) is 29.6 Å². The van der Waals surface area contributed by atoms with E-state index in [9.17, 15) is 4.79 Å². The van der Waals surface area contributed by atoms with Crippen LogP contribution in [0.5, 0.6) is 0 Å². The van der Waals surface area contributed by atoms with Gasteiger partial charge in [0, 0.05) is 6.04 Å². The molecule has 1 heterocycles. The molecule has 1 N–H and O–H groups in total. The summed E-state index contributed by atoms with van der Waals surface area (Å²) in [5.41, 5.74) is 0. The third-order valence-electron chi connectivity index (χ3n) is 2.90. The molecular formula is C10H20N2O. The van der Waals surface area contributed by atoms with Crippen molar-refractivity contribution in [2.45, 2.75) is 46.3 Å². The van der Waals surface area contributed by atoms with Gasteiger partial charge in [-0.2, -0.15) is 0 Å². The quantitative estimate of drug-likeness (QED) is 0.714. The fourth-order valence-corrected chi connectivity index (χ4v) is 1.74. The second-order valence-corrected chi connectivity index (χ2v) is 4.09. The monoisotopic (exact) mass is 184 g/mol. The van der Waals surface area contributed by atoms with Crippen molar-refractivity contribution in [3.63, 3.8) is 0 Å². The van der Waals surface area contributed by atoms with Gasteiger partial charge >= 0.3 is 0 Å². The topological polar surface area (TPSA) is 32.3 Å². The first-order chi connectivity index (χ1) is 6.07. The van der Waals surface area contributed by atoms with E-state index in [2.05, 4.69) is 33.0 Å². The van der Waals surface area contributed by atoms with Gasteiger partial charge in [0.05, 0.1) is 12.7 Å². The molecule has 1 saturated heterocycles. The molecule has 0 aliphatic carbocycles. The van der Waals surface area contributed by atoms with Crippen LogP contribution in [0.25, 0.3) is 0 Å². The van der Waals surface area contributed by atoms with Crippen LogP contribution in [0.15, 0.2) is 0 Å². The fraction of sp³-hybridized carbons (Fsp3) is 0.900. The Morgan fingerprint density at radius 2 is 2.15 bits per heavy atom. The summed E-state index contributed by atoms with van der Waals surface area (Å²) < 4.78 is 0. The van der Waals surface area contributed by atoms with E-state index in [4.69, 9.17) is 0 Å². The van der Waals surface area contributed by atoms with Crippen molar-refractivity contribution in [2.75, 3.05) is 6.54 Å². The van der Waals surface area contributed by atoms with Crippen LogP contribution in [0.1, 0.15) is 34.1 Å². The normalized spacial score (nSPS) is 25.8. The SMILES string of the molecule is CCC1NCC(=O)N1C(C)C(C)C. The van der Waals surface area contributed by atoms with Gasteiger partial charge < -0.3 is 4.90 Å². The van der Waals surface area contributed by atoms with Gasteiger partial charge in [0.25, 0.3) is 0 Å². The van der Waals surface area contributed by atoms with Crippen molar-refractivity contribution >= 4 is 5.91 Å². The average molecular weight is 184 g/mol. The Labute approximate surface area is 80.5 Å². The first-order valence-corrected chi connectivity index (χ1v) is 5.12. The lowest BCUT2D eigenvalue weighted by molar-refractivity contribution is -0.130. The predicted octanol–water partition coefficient (Wildman–Crippen LogP) is 1.20. The minimum absolute atomic E-state index is 0.244. The molecule has 0 bridgehead atoms. The zero-order valence-electron chi connectivity index (χ0n) is 9.00. The first-order valence-electron chi connectivity index (χ1n) is 5.12. The number of nitrogens with one attached hydrogen (secondary N) is 1. The number of carbonyl (C=O) groups is 1. The molecule has 0 aromatic heterocycles. The Kier molecular flexibility index (Phi) is 3.31. The number of amides is 1. The first kappa shape index (κ1) is 10.5. The van der Waals surface area contributed by atoms with Crippen molar-refractivity contribution in [1.82, 2.24) is 10.2 Å². The lowest BCUT2D eigenvalue weighted by atomic mass is 10.0. The molecule has 13 heavy (non-hydrogen) atoms. The maximum atomic E-state index is 11.6. The smallest absolute Gasteiger partial charge is 0.238 e. The summed E-state index contributed by atoms with van der Waals surface area (Å²) >= 11 is 0. The van der Waals surface area contributed by atoms with Crippen molar-refractivity contribution in [2.24, 2.45) is 5.92 Å². The molecule has 0 aromatic carbocycles. The molecule has 2 atom stereocenters. The number of hydrogen-bond donors (Lipinski definition) is 1. The van der Waals surface area contributed by atoms with Crippen molar-refractivity contribution < 1.29 is 4.79 Å². The third kappa shape index (κ3) is 2.02. The molecule has 0 saturated carbocycles. The minimum Gasteiger partial charge on any atom is -0.323 e. The molecule has 1 rings (SSSR count). The molecule has 2 unspecified atom stereocenters. The Morgan fingerprint density at radius 3 is 2.62 bits per heavy atom. The van der Waals surface area contributed by atoms with Gasteiger partial charge in [-0.1, -0.05) is 20.8 Å². The van der Waals surface area contributed by atoms with Gasteiger partial charge in [-0.05, 0) is 19.3 Å². The van der Waals surface area contributed by atoms with Crippen molar-refractivity contribution in [1.29, 1.82) is 0 Å². The van der Waals surface area contributed by atoms with Gasteiger partial charge in [0.15, 0.2) is 0 Å². The molecule has 0 spiro atoms. The third-order valence-corrected chi connectivity index (χ3v) is 2.90. The van der Waals surface area contributed by atoms with E-state index >= 15 is 0 Å². The highest BCUT2D eigenvalue weighted by Gasteiger charge is 2.33. The van der Waals surface area contributed by atoms with Crippen LogP contribution in [0.2, 0.25) is 0 Å². The summed E-state index contributed by atoms with van der Waals surface area (Å²) in [7, 11) is 0. The van der Waals surface area contributed by atoms with E-state index in [0.29, 0.717) is 18.5 Å². The summed E-state index contributed by atoms with van der Waals surface area (Å²) in [6.45, 7) is 9.05. The predicted molar refractivity (Wildman–Crippen MR) is 53.2 cm³/mol. The molecule has 1 aliphatic rings. The molecule has 1 fully saturated rings. The molecule has 1 aliphatic heterocycles. The fourth-order valence-electron chi connectivity index (χ4n) is 1.74. The summed E-state index contributed by atoms with van der Waals surface area (Å²) in [4.78, 5) is 13.5. The Hall–Kier alpha value is -0.570. The standard InChI is InChI=1S/C10H20N2O/c1-5-9-11-6-10(13)12(9)8(4)7(2)3/h7-9,11H,5-6H2,1-4H3. The molecule has 76 valence electrons. The molecule has 3 nitrogen and oxygen atoms in total. The molecule has 0 radical (unpaired) electrons. The Bertz CT molecular complexity index is 191. The zero-order valence-corrected chi connectivity index (χ0v) is 9.00.